The van der Waals surface area contributed by atoms with Crippen LogP contribution in [0.5, 0.6) is 0 Å². The zero-order valence-electron chi connectivity index (χ0n) is 13.3. The Labute approximate surface area is 116 Å². The van der Waals surface area contributed by atoms with Gasteiger partial charge in [0.05, 0.1) is 6.61 Å². The van der Waals surface area contributed by atoms with Crippen molar-refractivity contribution in [2.45, 2.75) is 47.6 Å². The topological polar surface area (TPSA) is 52.6 Å². The van der Waals surface area contributed by atoms with Crippen molar-refractivity contribution in [1.82, 2.24) is 10.2 Å². The minimum Gasteiger partial charge on any atom is -0.394 e. The largest absolute Gasteiger partial charge is 0.394 e. The Morgan fingerprint density at radius 1 is 1.21 bits per heavy atom. The number of allylic oxidation sites excluding steroid dienone is 1. The average molecular weight is 268 g/mol. The van der Waals surface area contributed by atoms with E-state index in [1.807, 2.05) is 11.9 Å². The molecule has 0 spiro atoms. The molecule has 0 aromatic carbocycles. The molecule has 1 aliphatic rings. The van der Waals surface area contributed by atoms with Gasteiger partial charge < -0.3 is 10.4 Å². The van der Waals surface area contributed by atoms with Crippen molar-refractivity contribution < 1.29 is 9.90 Å². The van der Waals surface area contributed by atoms with Crippen molar-refractivity contribution >= 4 is 5.91 Å². The van der Waals surface area contributed by atoms with Crippen LogP contribution in [0, 0.1) is 10.8 Å². The summed E-state index contributed by atoms with van der Waals surface area (Å²) in [7, 11) is 1.89. The first kappa shape index (κ1) is 16.2. The van der Waals surface area contributed by atoms with Gasteiger partial charge in [-0.1, -0.05) is 41.5 Å². The average Bonchev–Trinajstić information content (AvgIpc) is 2.33. The number of rotatable bonds is 1. The lowest BCUT2D eigenvalue weighted by Crippen LogP contribution is -2.45. The molecule has 0 fully saturated rings. The van der Waals surface area contributed by atoms with Gasteiger partial charge in [-0.2, -0.15) is 0 Å². The van der Waals surface area contributed by atoms with Gasteiger partial charge in [0, 0.05) is 17.7 Å². The van der Waals surface area contributed by atoms with Gasteiger partial charge in [0.15, 0.2) is 0 Å². The van der Waals surface area contributed by atoms with E-state index < -0.39 is 6.04 Å². The summed E-state index contributed by atoms with van der Waals surface area (Å²) in [6.45, 7) is 13.3. The Kier molecular flexibility index (Phi) is 4.47. The fourth-order valence-electron chi connectivity index (χ4n) is 2.40. The summed E-state index contributed by atoms with van der Waals surface area (Å²) < 4.78 is 0. The van der Waals surface area contributed by atoms with Gasteiger partial charge in [-0.3, -0.25) is 9.69 Å². The summed E-state index contributed by atoms with van der Waals surface area (Å²) in [6, 6.07) is -0.475. The first-order chi connectivity index (χ1) is 8.48. The Morgan fingerprint density at radius 2 is 1.74 bits per heavy atom. The van der Waals surface area contributed by atoms with Crippen LogP contribution >= 0.6 is 0 Å². The number of nitrogens with zero attached hydrogens (tertiary/aromatic N) is 1. The molecule has 0 aromatic heterocycles. The van der Waals surface area contributed by atoms with E-state index >= 15 is 0 Å². The highest BCUT2D eigenvalue weighted by Gasteiger charge is 2.36. The summed E-state index contributed by atoms with van der Waals surface area (Å²) >= 11 is 0. The molecule has 1 amide bonds. The molecule has 110 valence electrons. The summed E-state index contributed by atoms with van der Waals surface area (Å²) in [5.41, 5.74) is 2.08. The highest BCUT2D eigenvalue weighted by molar-refractivity contribution is 5.84. The number of hydrogen-bond acceptors (Lipinski definition) is 3. The Morgan fingerprint density at radius 3 is 2.11 bits per heavy atom. The molecule has 0 aliphatic carbocycles. The summed E-state index contributed by atoms with van der Waals surface area (Å²) in [5.74, 6) is -0.117. The molecule has 0 bridgehead atoms. The first-order valence-electron chi connectivity index (χ1n) is 6.84. The van der Waals surface area contributed by atoms with Crippen molar-refractivity contribution in [1.29, 1.82) is 0 Å². The molecule has 0 unspecified atom stereocenters. The molecule has 2 N–H and O–H groups in total. The molecule has 1 heterocycles. The van der Waals surface area contributed by atoms with Crippen LogP contribution in [-0.2, 0) is 4.79 Å². The van der Waals surface area contributed by atoms with Gasteiger partial charge in [-0.15, -0.1) is 0 Å². The van der Waals surface area contributed by atoms with Gasteiger partial charge in [-0.25, -0.2) is 0 Å². The Bertz CT molecular complexity index is 386. The second-order valence-electron chi connectivity index (χ2n) is 7.46. The van der Waals surface area contributed by atoms with Crippen LogP contribution in [0.4, 0.5) is 0 Å². The third kappa shape index (κ3) is 3.57. The van der Waals surface area contributed by atoms with Crippen LogP contribution in [0.15, 0.2) is 11.3 Å². The molecule has 0 saturated carbocycles. The standard InChI is InChI=1S/C15H28N2O2/c1-14(2,3)10-8-17(7)11(9-18)13(19)16-12(10)15(4,5)6/h11,18H,8-9H2,1-7H3,(H,16,19)/t11-/m0/s1. The zero-order chi connectivity index (χ0) is 15.0. The molecule has 1 aliphatic heterocycles. The molecule has 0 aromatic rings. The maximum atomic E-state index is 12.2. The monoisotopic (exact) mass is 268 g/mol. The van der Waals surface area contributed by atoms with E-state index in [4.69, 9.17) is 0 Å². The number of aliphatic hydroxyl groups is 1. The molecule has 19 heavy (non-hydrogen) atoms. The second kappa shape index (κ2) is 5.25. The van der Waals surface area contributed by atoms with Gasteiger partial charge in [0.1, 0.15) is 6.04 Å². The Hall–Kier alpha value is -0.870. The molecule has 1 atom stereocenters. The van der Waals surface area contributed by atoms with E-state index in [9.17, 15) is 9.90 Å². The number of aliphatic hydroxyl groups excluding tert-OH is 1. The quantitative estimate of drug-likeness (QED) is 0.762. The summed E-state index contributed by atoms with van der Waals surface area (Å²) in [4.78, 5) is 14.2. The number of likely N-dealkylation sites (N-methyl/N-ethyl adjacent to an activating group) is 1. The number of nitrogens with one attached hydrogen (secondary N) is 1. The van der Waals surface area contributed by atoms with Crippen LogP contribution in [0.2, 0.25) is 0 Å². The lowest BCUT2D eigenvalue weighted by Gasteiger charge is -2.33. The third-order valence-corrected chi connectivity index (χ3v) is 3.62. The van der Waals surface area contributed by atoms with Crippen LogP contribution < -0.4 is 5.32 Å². The normalized spacial score (nSPS) is 23.4. The van der Waals surface area contributed by atoms with E-state index in [0.29, 0.717) is 6.54 Å². The van der Waals surface area contributed by atoms with E-state index in [1.165, 1.54) is 5.57 Å². The van der Waals surface area contributed by atoms with Gasteiger partial charge in [-0.05, 0) is 18.0 Å². The molecular weight excluding hydrogens is 240 g/mol. The maximum Gasteiger partial charge on any atom is 0.243 e. The third-order valence-electron chi connectivity index (χ3n) is 3.62. The zero-order valence-corrected chi connectivity index (χ0v) is 13.3. The number of carbonyl (C=O) groups excluding carboxylic acids is 1. The van der Waals surface area contributed by atoms with Crippen LogP contribution in [0.3, 0.4) is 0 Å². The fourth-order valence-corrected chi connectivity index (χ4v) is 2.40. The Balaban J connectivity index is 3.34. The molecule has 0 radical (unpaired) electrons. The highest BCUT2D eigenvalue weighted by atomic mass is 16.3. The molecular formula is C15H28N2O2. The number of hydrogen-bond donors (Lipinski definition) is 2. The predicted molar refractivity (Wildman–Crippen MR) is 77.6 cm³/mol. The number of amides is 1. The van der Waals surface area contributed by atoms with Crippen molar-refractivity contribution in [3.8, 4) is 0 Å². The first-order valence-corrected chi connectivity index (χ1v) is 6.84. The van der Waals surface area contributed by atoms with Gasteiger partial charge in [0.25, 0.3) is 0 Å². The van der Waals surface area contributed by atoms with Crippen molar-refractivity contribution in [2.24, 2.45) is 10.8 Å². The fraction of sp³-hybridized carbons (Fsp3) is 0.800. The van der Waals surface area contributed by atoms with Crippen LogP contribution in [-0.4, -0.2) is 42.2 Å². The van der Waals surface area contributed by atoms with Gasteiger partial charge in [0.2, 0.25) is 5.91 Å². The molecule has 4 heteroatoms. The lowest BCUT2D eigenvalue weighted by atomic mass is 9.78. The van der Waals surface area contributed by atoms with Crippen molar-refractivity contribution in [3.05, 3.63) is 11.3 Å². The van der Waals surface area contributed by atoms with E-state index in [1.54, 1.807) is 0 Å². The predicted octanol–water partition coefficient (Wildman–Crippen LogP) is 1.76. The molecule has 4 nitrogen and oxygen atoms in total. The molecule has 1 rings (SSSR count). The SMILES string of the molecule is CN1CC(C(C)(C)C)=C(C(C)(C)C)NC(=O)[C@@H]1CO. The van der Waals surface area contributed by atoms with E-state index in [-0.39, 0.29) is 23.3 Å². The lowest BCUT2D eigenvalue weighted by molar-refractivity contribution is -0.126. The minimum absolute atomic E-state index is 0.0193. The summed E-state index contributed by atoms with van der Waals surface area (Å²) in [5, 5.41) is 12.5. The minimum atomic E-state index is -0.475. The van der Waals surface area contributed by atoms with Crippen LogP contribution in [0.25, 0.3) is 0 Å². The van der Waals surface area contributed by atoms with Crippen molar-refractivity contribution in [2.75, 3.05) is 20.2 Å². The van der Waals surface area contributed by atoms with E-state index in [2.05, 4.69) is 46.9 Å². The second-order valence-corrected chi connectivity index (χ2v) is 7.46. The smallest absolute Gasteiger partial charge is 0.243 e. The molecule has 0 saturated heterocycles. The number of carbonyl (C=O) groups is 1. The van der Waals surface area contributed by atoms with Gasteiger partial charge >= 0.3 is 0 Å². The van der Waals surface area contributed by atoms with Crippen molar-refractivity contribution in [3.63, 3.8) is 0 Å². The summed E-state index contributed by atoms with van der Waals surface area (Å²) in [6.07, 6.45) is 0. The maximum absolute atomic E-state index is 12.2. The highest BCUT2D eigenvalue weighted by Crippen LogP contribution is 2.36. The van der Waals surface area contributed by atoms with E-state index in [0.717, 1.165) is 5.70 Å². The van der Waals surface area contributed by atoms with Crippen LogP contribution in [0.1, 0.15) is 41.5 Å².